The lowest BCUT2D eigenvalue weighted by Crippen LogP contribution is -2.17. The fourth-order valence-corrected chi connectivity index (χ4v) is 4.31. The van der Waals surface area contributed by atoms with Crippen LogP contribution in [0, 0.1) is 27.7 Å². The lowest BCUT2D eigenvalue weighted by Gasteiger charge is -2.17. The Hall–Kier alpha value is -2.21. The van der Waals surface area contributed by atoms with Crippen molar-refractivity contribution in [2.24, 2.45) is 0 Å². The summed E-state index contributed by atoms with van der Waals surface area (Å²) in [5.74, 6) is 1.03. The van der Waals surface area contributed by atoms with Crippen molar-refractivity contribution in [1.29, 1.82) is 0 Å². The van der Waals surface area contributed by atoms with Crippen molar-refractivity contribution in [2.45, 2.75) is 32.6 Å². The molecule has 2 aromatic rings. The van der Waals surface area contributed by atoms with Crippen LogP contribution in [0.1, 0.15) is 22.3 Å². The van der Waals surface area contributed by atoms with Crippen LogP contribution in [-0.2, 0) is 10.0 Å². The first kappa shape index (κ1) is 18.1. The number of methoxy groups -OCH3 is 2. The number of hydrogen-bond donors (Lipinski definition) is 1. The van der Waals surface area contributed by atoms with Crippen molar-refractivity contribution in [3.63, 3.8) is 0 Å². The highest BCUT2D eigenvalue weighted by atomic mass is 32.2. The smallest absolute Gasteiger partial charge is 0.262 e. The maximum Gasteiger partial charge on any atom is 0.262 e. The molecule has 0 aliphatic carbocycles. The average Bonchev–Trinajstić information content (AvgIpc) is 2.52. The van der Waals surface area contributed by atoms with Gasteiger partial charge in [-0.05, 0) is 49.9 Å². The topological polar surface area (TPSA) is 64.6 Å². The van der Waals surface area contributed by atoms with Crippen molar-refractivity contribution in [3.8, 4) is 11.5 Å². The van der Waals surface area contributed by atoms with Gasteiger partial charge < -0.3 is 9.47 Å². The largest absolute Gasteiger partial charge is 0.497 e. The Bertz CT molecular complexity index is 825. The van der Waals surface area contributed by atoms with Crippen LogP contribution in [-0.4, -0.2) is 22.6 Å². The standard InChI is InChI=1S/C18H23NO4S/c1-11-7-12(2)14(4)18(13(11)3)24(20,21)19-15-8-16(22-5)10-17(9-15)23-6/h7-10,19H,1-6H3. The van der Waals surface area contributed by atoms with E-state index < -0.39 is 10.0 Å². The molecule has 0 saturated heterocycles. The second-order valence-corrected chi connectivity index (χ2v) is 7.42. The zero-order valence-electron chi connectivity index (χ0n) is 14.9. The van der Waals surface area contributed by atoms with Crippen molar-refractivity contribution in [2.75, 3.05) is 18.9 Å². The van der Waals surface area contributed by atoms with Crippen LogP contribution in [0.5, 0.6) is 11.5 Å². The minimum absolute atomic E-state index is 0.321. The van der Waals surface area contributed by atoms with E-state index in [0.717, 1.165) is 22.3 Å². The Kier molecular flexibility index (Phi) is 5.08. The number of anilines is 1. The first-order valence-corrected chi connectivity index (χ1v) is 9.01. The van der Waals surface area contributed by atoms with Crippen LogP contribution in [0.25, 0.3) is 0 Å². The van der Waals surface area contributed by atoms with Crippen molar-refractivity contribution < 1.29 is 17.9 Å². The zero-order chi connectivity index (χ0) is 18.1. The molecular weight excluding hydrogens is 326 g/mol. The molecule has 0 heterocycles. The number of ether oxygens (including phenoxy) is 2. The zero-order valence-corrected chi connectivity index (χ0v) is 15.7. The van der Waals surface area contributed by atoms with Gasteiger partial charge in [0.15, 0.2) is 0 Å². The van der Waals surface area contributed by atoms with Gasteiger partial charge >= 0.3 is 0 Å². The first-order chi connectivity index (χ1) is 11.2. The maximum absolute atomic E-state index is 13.0. The SMILES string of the molecule is COc1cc(NS(=O)(=O)c2c(C)c(C)cc(C)c2C)cc(OC)c1. The van der Waals surface area contributed by atoms with Gasteiger partial charge in [0.05, 0.1) is 24.8 Å². The van der Waals surface area contributed by atoms with E-state index in [1.54, 1.807) is 18.2 Å². The summed E-state index contributed by atoms with van der Waals surface area (Å²) in [7, 11) is -0.693. The van der Waals surface area contributed by atoms with Gasteiger partial charge in [0.2, 0.25) is 0 Å². The van der Waals surface area contributed by atoms with Gasteiger partial charge in [-0.3, -0.25) is 4.72 Å². The lowest BCUT2D eigenvalue weighted by atomic mass is 10.0. The molecule has 0 fully saturated rings. The van der Waals surface area contributed by atoms with Crippen LogP contribution in [0.4, 0.5) is 5.69 Å². The van der Waals surface area contributed by atoms with Crippen molar-refractivity contribution in [1.82, 2.24) is 0 Å². The molecule has 0 bridgehead atoms. The molecule has 0 aliphatic heterocycles. The van der Waals surface area contributed by atoms with Gasteiger partial charge in [-0.2, -0.15) is 0 Å². The summed E-state index contributed by atoms with van der Waals surface area (Å²) in [6.07, 6.45) is 0. The molecule has 0 radical (unpaired) electrons. The molecule has 2 rings (SSSR count). The molecule has 6 heteroatoms. The molecule has 1 N–H and O–H groups in total. The summed E-state index contributed by atoms with van der Waals surface area (Å²) >= 11 is 0. The maximum atomic E-state index is 13.0. The van der Waals surface area contributed by atoms with Gasteiger partial charge in [0.1, 0.15) is 11.5 Å². The molecule has 5 nitrogen and oxygen atoms in total. The average molecular weight is 349 g/mol. The number of benzene rings is 2. The molecule has 0 aromatic heterocycles. The molecule has 130 valence electrons. The lowest BCUT2D eigenvalue weighted by molar-refractivity contribution is 0.395. The number of hydrogen-bond acceptors (Lipinski definition) is 4. The number of nitrogens with one attached hydrogen (secondary N) is 1. The third kappa shape index (κ3) is 3.48. The molecule has 0 unspecified atom stereocenters. The van der Waals surface area contributed by atoms with E-state index in [4.69, 9.17) is 9.47 Å². The summed E-state index contributed by atoms with van der Waals surface area (Å²) < 4.78 is 38.9. The Balaban J connectivity index is 2.54. The van der Waals surface area contributed by atoms with Crippen LogP contribution >= 0.6 is 0 Å². The summed E-state index contributed by atoms with van der Waals surface area (Å²) in [4.78, 5) is 0.321. The summed E-state index contributed by atoms with van der Waals surface area (Å²) in [6.45, 7) is 7.47. The second kappa shape index (κ2) is 6.73. The van der Waals surface area contributed by atoms with Gasteiger partial charge in [-0.1, -0.05) is 6.07 Å². The minimum atomic E-state index is -3.73. The van der Waals surface area contributed by atoms with Gasteiger partial charge in [-0.15, -0.1) is 0 Å². The minimum Gasteiger partial charge on any atom is -0.497 e. The molecule has 2 aromatic carbocycles. The van der Waals surface area contributed by atoms with E-state index in [1.807, 2.05) is 33.8 Å². The first-order valence-electron chi connectivity index (χ1n) is 7.53. The van der Waals surface area contributed by atoms with E-state index in [9.17, 15) is 8.42 Å². The Labute approximate surface area is 143 Å². The second-order valence-electron chi connectivity index (χ2n) is 5.80. The molecule has 0 saturated carbocycles. The normalized spacial score (nSPS) is 11.2. The van der Waals surface area contributed by atoms with Crippen LogP contribution in [0.15, 0.2) is 29.2 Å². The van der Waals surface area contributed by atoms with Crippen molar-refractivity contribution in [3.05, 3.63) is 46.5 Å². The highest BCUT2D eigenvalue weighted by molar-refractivity contribution is 7.92. The van der Waals surface area contributed by atoms with E-state index in [2.05, 4.69) is 4.72 Å². The highest BCUT2D eigenvalue weighted by Gasteiger charge is 2.22. The third-order valence-electron chi connectivity index (χ3n) is 4.17. The summed E-state index contributed by atoms with van der Waals surface area (Å²) in [6, 6.07) is 6.92. The number of aryl methyl sites for hydroxylation is 2. The van der Waals surface area contributed by atoms with Crippen LogP contribution < -0.4 is 14.2 Å². The predicted molar refractivity (Wildman–Crippen MR) is 95.7 cm³/mol. The van der Waals surface area contributed by atoms with E-state index in [0.29, 0.717) is 22.1 Å². The van der Waals surface area contributed by atoms with Crippen LogP contribution in [0.2, 0.25) is 0 Å². The van der Waals surface area contributed by atoms with Gasteiger partial charge in [-0.25, -0.2) is 8.42 Å². The quantitative estimate of drug-likeness (QED) is 0.893. The molecule has 0 spiro atoms. The Morgan fingerprint density at radius 1 is 0.792 bits per heavy atom. The molecule has 0 amide bonds. The summed E-state index contributed by atoms with van der Waals surface area (Å²) in [5.41, 5.74) is 3.79. The number of sulfonamides is 1. The predicted octanol–water partition coefficient (Wildman–Crippen LogP) is 3.74. The molecular formula is C18H23NO4S. The number of rotatable bonds is 5. The van der Waals surface area contributed by atoms with Gasteiger partial charge in [0.25, 0.3) is 10.0 Å². The molecule has 0 aliphatic rings. The van der Waals surface area contributed by atoms with E-state index in [1.165, 1.54) is 14.2 Å². The van der Waals surface area contributed by atoms with E-state index in [-0.39, 0.29) is 0 Å². The third-order valence-corrected chi connectivity index (χ3v) is 5.82. The fourth-order valence-electron chi connectivity index (χ4n) is 2.66. The monoisotopic (exact) mass is 349 g/mol. The van der Waals surface area contributed by atoms with Crippen molar-refractivity contribution >= 4 is 15.7 Å². The highest BCUT2D eigenvalue weighted by Crippen LogP contribution is 2.31. The van der Waals surface area contributed by atoms with Gasteiger partial charge in [0, 0.05) is 18.2 Å². The fraction of sp³-hybridized carbons (Fsp3) is 0.333. The molecule has 0 atom stereocenters. The van der Waals surface area contributed by atoms with Crippen LogP contribution in [0.3, 0.4) is 0 Å². The summed E-state index contributed by atoms with van der Waals surface area (Å²) in [5, 5.41) is 0. The Morgan fingerprint density at radius 3 is 1.67 bits per heavy atom. The van der Waals surface area contributed by atoms with E-state index >= 15 is 0 Å². The molecule has 24 heavy (non-hydrogen) atoms. The Morgan fingerprint density at radius 2 is 1.25 bits per heavy atom.